The Bertz CT molecular complexity index is 1000. The fraction of sp³-hybridized carbons (Fsp3) is 0.143. The first kappa shape index (κ1) is 18.5. The molecule has 0 saturated heterocycles. The molecular weight excluding hydrogens is 358 g/mol. The smallest absolute Gasteiger partial charge is 0.162 e. The van der Waals surface area contributed by atoms with Crippen molar-refractivity contribution in [3.05, 3.63) is 64.6 Å². The van der Waals surface area contributed by atoms with Gasteiger partial charge in [0.15, 0.2) is 11.5 Å². The van der Waals surface area contributed by atoms with Crippen LogP contribution in [-0.2, 0) is 0 Å². The number of rotatable bonds is 6. The van der Waals surface area contributed by atoms with Crippen molar-refractivity contribution in [1.82, 2.24) is 4.98 Å². The van der Waals surface area contributed by atoms with Crippen LogP contribution in [0.2, 0.25) is 0 Å². The molecule has 1 N–H and O–H groups in total. The Kier molecular flexibility index (Phi) is 5.74. The van der Waals surface area contributed by atoms with Crippen LogP contribution < -0.4 is 14.8 Å². The Balaban J connectivity index is 1.81. The maximum absolute atomic E-state index is 9.52. The van der Waals surface area contributed by atoms with Gasteiger partial charge in [0, 0.05) is 28.9 Å². The topological polar surface area (TPSA) is 67.2 Å². The average molecular weight is 377 g/mol. The molecular formula is C21H19N3O2S. The van der Waals surface area contributed by atoms with Crippen molar-refractivity contribution in [3.63, 3.8) is 0 Å². The fourth-order valence-electron chi connectivity index (χ4n) is 2.48. The van der Waals surface area contributed by atoms with E-state index in [9.17, 15) is 5.26 Å². The third-order valence-corrected chi connectivity index (χ3v) is 4.84. The Morgan fingerprint density at radius 2 is 1.85 bits per heavy atom. The Labute approximate surface area is 162 Å². The van der Waals surface area contributed by atoms with Gasteiger partial charge >= 0.3 is 0 Å². The molecule has 3 rings (SSSR count). The summed E-state index contributed by atoms with van der Waals surface area (Å²) in [6.45, 7) is 2.05. The summed E-state index contributed by atoms with van der Waals surface area (Å²) in [5.74, 6) is 1.26. The maximum atomic E-state index is 9.52. The minimum atomic E-state index is 0.466. The van der Waals surface area contributed by atoms with Gasteiger partial charge < -0.3 is 14.8 Å². The molecule has 0 saturated carbocycles. The van der Waals surface area contributed by atoms with E-state index in [0.29, 0.717) is 22.1 Å². The summed E-state index contributed by atoms with van der Waals surface area (Å²) in [5, 5.41) is 15.3. The van der Waals surface area contributed by atoms with Crippen molar-refractivity contribution >= 4 is 22.6 Å². The minimum absolute atomic E-state index is 0.466. The van der Waals surface area contributed by atoms with E-state index in [2.05, 4.69) is 16.4 Å². The molecule has 1 heterocycles. The average Bonchev–Trinajstić information content (AvgIpc) is 3.18. The number of anilines is 1. The van der Waals surface area contributed by atoms with E-state index in [-0.39, 0.29) is 0 Å². The number of thiazole rings is 1. The zero-order valence-electron chi connectivity index (χ0n) is 15.3. The molecule has 0 aliphatic heterocycles. The number of nitriles is 1. The van der Waals surface area contributed by atoms with Crippen LogP contribution in [0.4, 0.5) is 5.69 Å². The van der Waals surface area contributed by atoms with E-state index >= 15 is 0 Å². The number of hydrogen-bond donors (Lipinski definition) is 1. The summed E-state index contributed by atoms with van der Waals surface area (Å²) in [6.07, 6.45) is 1.65. The summed E-state index contributed by atoms with van der Waals surface area (Å²) >= 11 is 1.44. The molecule has 1 aromatic heterocycles. The van der Waals surface area contributed by atoms with Gasteiger partial charge in [0.2, 0.25) is 0 Å². The third kappa shape index (κ3) is 4.27. The van der Waals surface area contributed by atoms with E-state index in [0.717, 1.165) is 16.9 Å². The SMILES string of the molecule is COc1ccc(N/C=C(\C#N)c2nc(-c3ccc(C)cc3)cs2)cc1OC. The van der Waals surface area contributed by atoms with Gasteiger partial charge in [-0.05, 0) is 19.1 Å². The summed E-state index contributed by atoms with van der Waals surface area (Å²) < 4.78 is 10.5. The van der Waals surface area contributed by atoms with Crippen LogP contribution in [-0.4, -0.2) is 19.2 Å². The highest BCUT2D eigenvalue weighted by Crippen LogP contribution is 2.30. The lowest BCUT2D eigenvalue weighted by atomic mass is 10.1. The van der Waals surface area contributed by atoms with Crippen LogP contribution in [0, 0.1) is 18.3 Å². The molecule has 0 amide bonds. The summed E-state index contributed by atoms with van der Waals surface area (Å²) in [4.78, 5) is 4.60. The Morgan fingerprint density at radius 3 is 2.52 bits per heavy atom. The van der Waals surface area contributed by atoms with E-state index < -0.39 is 0 Å². The number of nitrogens with zero attached hydrogens (tertiary/aromatic N) is 2. The van der Waals surface area contributed by atoms with Crippen LogP contribution in [0.3, 0.4) is 0 Å². The predicted molar refractivity (Wildman–Crippen MR) is 109 cm³/mol. The first-order valence-corrected chi connectivity index (χ1v) is 9.14. The molecule has 0 atom stereocenters. The third-order valence-electron chi connectivity index (χ3n) is 3.97. The van der Waals surface area contributed by atoms with E-state index in [1.165, 1.54) is 16.9 Å². The van der Waals surface area contributed by atoms with Gasteiger partial charge in [-0.25, -0.2) is 4.98 Å². The minimum Gasteiger partial charge on any atom is -0.493 e. The standard InChI is InChI=1S/C21H19N3O2S/c1-14-4-6-15(7-5-14)18-13-27-21(24-18)16(11-22)12-23-17-8-9-19(25-2)20(10-17)26-3/h4-10,12-13,23H,1-3H3/b16-12+. The zero-order valence-corrected chi connectivity index (χ0v) is 16.1. The van der Waals surface area contributed by atoms with E-state index in [4.69, 9.17) is 9.47 Å². The molecule has 0 spiro atoms. The van der Waals surface area contributed by atoms with Crippen LogP contribution in [0.5, 0.6) is 11.5 Å². The van der Waals surface area contributed by atoms with E-state index in [1.54, 1.807) is 26.5 Å². The fourth-order valence-corrected chi connectivity index (χ4v) is 3.27. The lowest BCUT2D eigenvalue weighted by Gasteiger charge is -2.09. The molecule has 0 radical (unpaired) electrons. The Morgan fingerprint density at radius 1 is 1.11 bits per heavy atom. The van der Waals surface area contributed by atoms with Gasteiger partial charge in [-0.2, -0.15) is 5.26 Å². The summed E-state index contributed by atoms with van der Waals surface area (Å²) in [5.41, 5.74) is 4.35. The first-order valence-electron chi connectivity index (χ1n) is 8.26. The zero-order chi connectivity index (χ0) is 19.2. The van der Waals surface area contributed by atoms with Gasteiger partial charge in [-0.1, -0.05) is 29.8 Å². The predicted octanol–water partition coefficient (Wildman–Crippen LogP) is 5.11. The van der Waals surface area contributed by atoms with Gasteiger partial charge in [0.05, 0.1) is 19.9 Å². The molecule has 136 valence electrons. The lowest BCUT2D eigenvalue weighted by Crippen LogP contribution is -1.94. The van der Waals surface area contributed by atoms with E-state index in [1.807, 2.05) is 48.7 Å². The van der Waals surface area contributed by atoms with Gasteiger partial charge in [-0.15, -0.1) is 11.3 Å². The monoisotopic (exact) mass is 377 g/mol. The van der Waals surface area contributed by atoms with Crippen molar-refractivity contribution < 1.29 is 9.47 Å². The van der Waals surface area contributed by atoms with Crippen LogP contribution >= 0.6 is 11.3 Å². The second kappa shape index (κ2) is 8.39. The lowest BCUT2D eigenvalue weighted by molar-refractivity contribution is 0.355. The molecule has 5 nitrogen and oxygen atoms in total. The molecule has 27 heavy (non-hydrogen) atoms. The van der Waals surface area contributed by atoms with Gasteiger partial charge in [-0.3, -0.25) is 0 Å². The Hall–Kier alpha value is -3.30. The number of benzene rings is 2. The molecule has 6 heteroatoms. The molecule has 0 fully saturated rings. The number of aromatic nitrogens is 1. The number of ether oxygens (including phenoxy) is 2. The van der Waals surface area contributed by atoms with Gasteiger partial charge in [0.1, 0.15) is 16.6 Å². The number of methoxy groups -OCH3 is 2. The van der Waals surface area contributed by atoms with Crippen LogP contribution in [0.1, 0.15) is 10.6 Å². The highest BCUT2D eigenvalue weighted by atomic mass is 32.1. The number of aryl methyl sites for hydroxylation is 1. The van der Waals surface area contributed by atoms with Crippen molar-refractivity contribution in [3.8, 4) is 28.8 Å². The van der Waals surface area contributed by atoms with Crippen molar-refractivity contribution in [2.75, 3.05) is 19.5 Å². The van der Waals surface area contributed by atoms with Gasteiger partial charge in [0.25, 0.3) is 0 Å². The molecule has 3 aromatic rings. The number of hydrogen-bond acceptors (Lipinski definition) is 6. The largest absolute Gasteiger partial charge is 0.493 e. The normalized spacial score (nSPS) is 11.0. The molecule has 0 aliphatic rings. The number of nitrogens with one attached hydrogen (secondary N) is 1. The summed E-state index contributed by atoms with van der Waals surface area (Å²) in [6, 6.07) is 15.8. The number of allylic oxidation sites excluding steroid dienone is 1. The first-order chi connectivity index (χ1) is 13.1. The second-order valence-electron chi connectivity index (χ2n) is 5.79. The second-order valence-corrected chi connectivity index (χ2v) is 6.65. The molecule has 0 aliphatic carbocycles. The maximum Gasteiger partial charge on any atom is 0.162 e. The molecule has 0 bridgehead atoms. The summed E-state index contributed by atoms with van der Waals surface area (Å²) in [7, 11) is 3.17. The van der Waals surface area contributed by atoms with Crippen LogP contribution in [0.15, 0.2) is 54.0 Å². The molecule has 2 aromatic carbocycles. The van der Waals surface area contributed by atoms with Crippen molar-refractivity contribution in [2.24, 2.45) is 0 Å². The van der Waals surface area contributed by atoms with Crippen molar-refractivity contribution in [1.29, 1.82) is 5.26 Å². The molecule has 0 unspecified atom stereocenters. The highest BCUT2D eigenvalue weighted by molar-refractivity contribution is 7.11. The quantitative estimate of drug-likeness (QED) is 0.605. The highest BCUT2D eigenvalue weighted by Gasteiger charge is 2.09. The van der Waals surface area contributed by atoms with Crippen LogP contribution in [0.25, 0.3) is 16.8 Å². The van der Waals surface area contributed by atoms with Crippen molar-refractivity contribution in [2.45, 2.75) is 6.92 Å².